The number of ether oxygens (including phenoxy) is 1. The van der Waals surface area contributed by atoms with Gasteiger partial charge in [-0.05, 0) is 6.92 Å². The van der Waals surface area contributed by atoms with Crippen LogP contribution < -0.4 is 5.73 Å². The Morgan fingerprint density at radius 3 is 2.25 bits per heavy atom. The minimum atomic E-state index is 0.354. The lowest BCUT2D eigenvalue weighted by Gasteiger charge is -2.02. The molecule has 0 saturated heterocycles. The lowest BCUT2D eigenvalue weighted by atomic mass is 10.5. The molecule has 0 saturated carbocycles. The van der Waals surface area contributed by atoms with Crippen LogP contribution in [0.2, 0.25) is 0 Å². The van der Waals surface area contributed by atoms with Crippen molar-refractivity contribution >= 4 is 0 Å². The smallest absolute Gasteiger partial charge is 0.110 e. The SMILES string of the molecule is C=C(C)OC(=C)CN. The van der Waals surface area contributed by atoms with Crippen molar-refractivity contribution < 1.29 is 4.74 Å². The van der Waals surface area contributed by atoms with E-state index >= 15 is 0 Å². The van der Waals surface area contributed by atoms with Crippen molar-refractivity contribution in [3.05, 3.63) is 24.7 Å². The monoisotopic (exact) mass is 113 g/mol. The highest BCUT2D eigenvalue weighted by Gasteiger charge is 1.87. The Hall–Kier alpha value is -0.760. The molecule has 0 aliphatic rings. The second-order valence-electron chi connectivity index (χ2n) is 1.55. The average Bonchev–Trinajstić information content (AvgIpc) is 1.65. The van der Waals surface area contributed by atoms with Gasteiger partial charge in [-0.2, -0.15) is 0 Å². The van der Waals surface area contributed by atoms with Gasteiger partial charge in [0.15, 0.2) is 0 Å². The Morgan fingerprint density at radius 1 is 1.62 bits per heavy atom. The first-order chi connectivity index (χ1) is 3.66. The van der Waals surface area contributed by atoms with E-state index < -0.39 is 0 Å². The van der Waals surface area contributed by atoms with E-state index in [1.165, 1.54) is 0 Å². The molecule has 2 nitrogen and oxygen atoms in total. The van der Waals surface area contributed by atoms with Crippen LogP contribution in [0.5, 0.6) is 0 Å². The first-order valence-electron chi connectivity index (χ1n) is 2.38. The van der Waals surface area contributed by atoms with Gasteiger partial charge in [0.25, 0.3) is 0 Å². The fraction of sp³-hybridized carbons (Fsp3) is 0.333. The molecule has 0 rings (SSSR count). The molecular weight excluding hydrogens is 102 g/mol. The van der Waals surface area contributed by atoms with E-state index in [4.69, 9.17) is 10.5 Å². The van der Waals surface area contributed by atoms with Crippen molar-refractivity contribution in [3.63, 3.8) is 0 Å². The summed E-state index contributed by atoms with van der Waals surface area (Å²) in [6, 6.07) is 0. The molecular formula is C6H11NO. The third-order valence-corrected chi connectivity index (χ3v) is 0.546. The summed E-state index contributed by atoms with van der Waals surface area (Å²) in [4.78, 5) is 0. The van der Waals surface area contributed by atoms with Crippen LogP contribution in [0.1, 0.15) is 6.92 Å². The second-order valence-corrected chi connectivity index (χ2v) is 1.55. The molecule has 0 fully saturated rings. The minimum absolute atomic E-state index is 0.354. The number of nitrogens with two attached hydrogens (primary N) is 1. The summed E-state index contributed by atoms with van der Waals surface area (Å²) in [6.07, 6.45) is 0. The second kappa shape index (κ2) is 3.27. The molecule has 0 aromatic heterocycles. The fourth-order valence-electron chi connectivity index (χ4n) is 0.288. The molecule has 0 aromatic rings. The zero-order chi connectivity index (χ0) is 6.57. The third-order valence-electron chi connectivity index (χ3n) is 0.546. The van der Waals surface area contributed by atoms with Gasteiger partial charge in [-0.25, -0.2) is 0 Å². The first-order valence-corrected chi connectivity index (χ1v) is 2.38. The minimum Gasteiger partial charge on any atom is -0.466 e. The molecule has 0 aromatic carbocycles. The molecule has 46 valence electrons. The standard InChI is InChI=1S/C6H11NO/c1-5(2)8-6(3)4-7/h1,3-4,7H2,2H3. The highest BCUT2D eigenvalue weighted by Crippen LogP contribution is 1.97. The molecule has 0 spiro atoms. The summed E-state index contributed by atoms with van der Waals surface area (Å²) in [5.41, 5.74) is 5.15. The molecule has 0 radical (unpaired) electrons. The van der Waals surface area contributed by atoms with Crippen LogP contribution in [0, 0.1) is 0 Å². The van der Waals surface area contributed by atoms with Crippen LogP contribution in [0.4, 0.5) is 0 Å². The number of hydrogen-bond acceptors (Lipinski definition) is 2. The van der Waals surface area contributed by atoms with Gasteiger partial charge in [-0.3, -0.25) is 0 Å². The van der Waals surface area contributed by atoms with E-state index in [0.29, 0.717) is 18.1 Å². The van der Waals surface area contributed by atoms with Crippen LogP contribution in [-0.4, -0.2) is 6.54 Å². The van der Waals surface area contributed by atoms with Gasteiger partial charge in [0, 0.05) is 0 Å². The number of rotatable bonds is 3. The van der Waals surface area contributed by atoms with Gasteiger partial charge in [-0.15, -0.1) is 0 Å². The lowest BCUT2D eigenvalue weighted by Crippen LogP contribution is -2.03. The van der Waals surface area contributed by atoms with Gasteiger partial charge in [0.1, 0.15) is 5.76 Å². The Labute approximate surface area is 49.6 Å². The van der Waals surface area contributed by atoms with Crippen molar-refractivity contribution in [1.29, 1.82) is 0 Å². The first kappa shape index (κ1) is 7.24. The fourth-order valence-corrected chi connectivity index (χ4v) is 0.288. The summed E-state index contributed by atoms with van der Waals surface area (Å²) < 4.78 is 4.89. The summed E-state index contributed by atoms with van der Waals surface area (Å²) in [7, 11) is 0. The predicted octanol–water partition coefficient (Wildman–Crippen LogP) is 1.01. The highest BCUT2D eigenvalue weighted by molar-refractivity contribution is 4.90. The average molecular weight is 113 g/mol. The van der Waals surface area contributed by atoms with Gasteiger partial charge in [0.2, 0.25) is 0 Å². The number of allylic oxidation sites excluding steroid dienone is 1. The molecule has 0 bridgehead atoms. The largest absolute Gasteiger partial charge is 0.466 e. The van der Waals surface area contributed by atoms with Crippen LogP contribution in [0.3, 0.4) is 0 Å². The zero-order valence-electron chi connectivity index (χ0n) is 5.11. The topological polar surface area (TPSA) is 35.2 Å². The van der Waals surface area contributed by atoms with Gasteiger partial charge < -0.3 is 10.5 Å². The van der Waals surface area contributed by atoms with E-state index in [0.717, 1.165) is 0 Å². The van der Waals surface area contributed by atoms with Gasteiger partial charge in [-0.1, -0.05) is 13.2 Å². The molecule has 0 atom stereocenters. The van der Waals surface area contributed by atoms with Crippen LogP contribution in [0.25, 0.3) is 0 Å². The Balaban J connectivity index is 3.40. The van der Waals surface area contributed by atoms with Crippen molar-refractivity contribution in [2.45, 2.75) is 6.92 Å². The van der Waals surface area contributed by atoms with Crippen LogP contribution in [0.15, 0.2) is 24.7 Å². The molecule has 0 heterocycles. The van der Waals surface area contributed by atoms with Crippen molar-refractivity contribution in [2.24, 2.45) is 5.73 Å². The quantitative estimate of drug-likeness (QED) is 0.554. The van der Waals surface area contributed by atoms with Gasteiger partial charge in [0.05, 0.1) is 12.3 Å². The number of hydrogen-bond donors (Lipinski definition) is 1. The van der Waals surface area contributed by atoms with Crippen molar-refractivity contribution in [2.75, 3.05) is 6.54 Å². The Morgan fingerprint density at radius 2 is 2.12 bits per heavy atom. The van der Waals surface area contributed by atoms with E-state index in [-0.39, 0.29) is 0 Å². The molecule has 0 unspecified atom stereocenters. The molecule has 0 aliphatic carbocycles. The summed E-state index contributed by atoms with van der Waals surface area (Å²) >= 11 is 0. The molecule has 0 amide bonds. The normalized spacial score (nSPS) is 8.25. The van der Waals surface area contributed by atoms with E-state index in [1.54, 1.807) is 6.92 Å². The Bertz CT molecular complexity index is 107. The molecule has 0 aliphatic heterocycles. The lowest BCUT2D eigenvalue weighted by molar-refractivity contribution is 0.306. The molecule has 2 heteroatoms. The summed E-state index contributed by atoms with van der Waals surface area (Å²) in [6.45, 7) is 9.11. The van der Waals surface area contributed by atoms with Crippen molar-refractivity contribution in [3.8, 4) is 0 Å². The van der Waals surface area contributed by atoms with Gasteiger partial charge >= 0.3 is 0 Å². The van der Waals surface area contributed by atoms with Crippen molar-refractivity contribution in [1.82, 2.24) is 0 Å². The van der Waals surface area contributed by atoms with E-state index in [9.17, 15) is 0 Å². The summed E-state index contributed by atoms with van der Waals surface area (Å²) in [5, 5.41) is 0. The highest BCUT2D eigenvalue weighted by atomic mass is 16.5. The molecule has 8 heavy (non-hydrogen) atoms. The maximum Gasteiger partial charge on any atom is 0.110 e. The van der Waals surface area contributed by atoms with E-state index in [1.807, 2.05) is 0 Å². The molecule has 2 N–H and O–H groups in total. The van der Waals surface area contributed by atoms with E-state index in [2.05, 4.69) is 13.2 Å². The zero-order valence-corrected chi connectivity index (χ0v) is 5.11. The predicted molar refractivity (Wildman–Crippen MR) is 34.1 cm³/mol. The maximum atomic E-state index is 5.15. The summed E-state index contributed by atoms with van der Waals surface area (Å²) in [5.74, 6) is 1.18. The Kier molecular flexibility index (Phi) is 2.96. The third kappa shape index (κ3) is 3.43. The van der Waals surface area contributed by atoms with Crippen LogP contribution >= 0.6 is 0 Å². The van der Waals surface area contributed by atoms with Crippen LogP contribution in [-0.2, 0) is 4.74 Å². The maximum absolute atomic E-state index is 5.15.